The molecule has 0 radical (unpaired) electrons. The number of nitrogens with zero attached hydrogens (tertiary/aromatic N) is 4. The number of piperidine rings is 1. The van der Waals surface area contributed by atoms with Crippen LogP contribution in [0.25, 0.3) is 0 Å². The number of hydrogen-bond acceptors (Lipinski definition) is 5. The van der Waals surface area contributed by atoms with E-state index in [4.69, 9.17) is 4.74 Å². The minimum absolute atomic E-state index is 0.375. The maximum atomic E-state index is 13.2. The molecular formula is C17H23F3N5O2+. The smallest absolute Gasteiger partial charge is 0.393 e. The van der Waals surface area contributed by atoms with E-state index in [1.807, 2.05) is 0 Å². The molecule has 27 heavy (non-hydrogen) atoms. The number of rotatable bonds is 6. The number of ether oxygens (including phenoxy) is 1. The molecule has 3 rings (SSSR count). The van der Waals surface area contributed by atoms with Crippen molar-refractivity contribution in [3.05, 3.63) is 41.2 Å². The van der Waals surface area contributed by atoms with Crippen LogP contribution in [0.15, 0.2) is 24.3 Å². The molecule has 0 saturated carbocycles. The van der Waals surface area contributed by atoms with Crippen LogP contribution in [0, 0.1) is 0 Å². The van der Waals surface area contributed by atoms with Crippen LogP contribution in [-0.2, 0) is 17.5 Å². The maximum absolute atomic E-state index is 13.2. The number of hydrogen-bond donors (Lipinski definition) is 2. The Bertz CT molecular complexity index is 744. The fraction of sp³-hybridized carbons (Fsp3) is 0.588. The molecule has 0 unspecified atom stereocenters. The van der Waals surface area contributed by atoms with Crippen LogP contribution in [-0.4, -0.2) is 58.2 Å². The standard InChI is InChI=1S/C17H22F3N5O2/c1-27-10-9-25-16(21-22-23-25)15(24-7-5-14(26)6-8-24)12-3-2-4-13(11-12)17(18,19)20/h2-4,11,14-15,26H,5-10H2,1H3/p+1/t15-/m0/s1. The molecule has 2 heterocycles. The van der Waals surface area contributed by atoms with Crippen LogP contribution in [0.3, 0.4) is 0 Å². The first-order valence-corrected chi connectivity index (χ1v) is 8.85. The van der Waals surface area contributed by atoms with E-state index in [0.717, 1.165) is 17.0 Å². The summed E-state index contributed by atoms with van der Waals surface area (Å²) in [5.41, 5.74) is -0.193. The van der Waals surface area contributed by atoms with Gasteiger partial charge in [-0.2, -0.15) is 13.2 Å². The fourth-order valence-corrected chi connectivity index (χ4v) is 3.48. The van der Waals surface area contributed by atoms with Crippen LogP contribution in [0.5, 0.6) is 0 Å². The summed E-state index contributed by atoms with van der Waals surface area (Å²) in [4.78, 5) is 1.04. The lowest BCUT2D eigenvalue weighted by Crippen LogP contribution is -3.13. The number of alkyl halides is 3. The molecule has 7 nitrogen and oxygen atoms in total. The summed E-state index contributed by atoms with van der Waals surface area (Å²) in [7, 11) is 1.56. The summed E-state index contributed by atoms with van der Waals surface area (Å²) in [5, 5.41) is 21.6. The Balaban J connectivity index is 2.00. The van der Waals surface area contributed by atoms with Gasteiger partial charge in [0.15, 0.2) is 6.04 Å². The number of likely N-dealkylation sites (tertiary alicyclic amines) is 1. The first-order chi connectivity index (χ1) is 12.9. The van der Waals surface area contributed by atoms with Crippen molar-refractivity contribution in [3.63, 3.8) is 0 Å². The van der Waals surface area contributed by atoms with Gasteiger partial charge in [0.2, 0.25) is 5.82 Å². The van der Waals surface area contributed by atoms with Crippen molar-refractivity contribution in [1.82, 2.24) is 20.2 Å². The highest BCUT2D eigenvalue weighted by Gasteiger charge is 2.37. The van der Waals surface area contributed by atoms with E-state index in [1.165, 1.54) is 6.07 Å². The molecule has 1 aliphatic heterocycles. The van der Waals surface area contributed by atoms with Gasteiger partial charge in [-0.1, -0.05) is 12.1 Å². The third kappa shape index (κ3) is 4.63. The van der Waals surface area contributed by atoms with E-state index in [2.05, 4.69) is 15.5 Å². The van der Waals surface area contributed by atoms with Gasteiger partial charge in [0.25, 0.3) is 0 Å². The third-order valence-electron chi connectivity index (χ3n) is 4.88. The van der Waals surface area contributed by atoms with Crippen molar-refractivity contribution in [2.45, 2.75) is 37.7 Å². The summed E-state index contributed by atoms with van der Waals surface area (Å²) >= 11 is 0. The minimum atomic E-state index is -4.42. The van der Waals surface area contributed by atoms with Crippen LogP contribution in [0.1, 0.15) is 35.8 Å². The predicted molar refractivity (Wildman–Crippen MR) is 88.9 cm³/mol. The number of quaternary nitrogens is 1. The Morgan fingerprint density at radius 3 is 2.74 bits per heavy atom. The number of aliphatic hydroxyl groups is 1. The molecule has 2 aromatic rings. The number of methoxy groups -OCH3 is 1. The Labute approximate surface area is 154 Å². The van der Waals surface area contributed by atoms with E-state index < -0.39 is 17.8 Å². The maximum Gasteiger partial charge on any atom is 0.416 e. The molecule has 10 heteroatoms. The molecule has 1 fully saturated rings. The van der Waals surface area contributed by atoms with Crippen LogP contribution in [0.2, 0.25) is 0 Å². The quantitative estimate of drug-likeness (QED) is 0.755. The molecule has 1 aliphatic rings. The first-order valence-electron chi connectivity index (χ1n) is 8.85. The normalized spacial score (nSPS) is 22.0. The average Bonchev–Trinajstić information content (AvgIpc) is 3.09. The summed E-state index contributed by atoms with van der Waals surface area (Å²) in [5.74, 6) is 0.498. The lowest BCUT2D eigenvalue weighted by molar-refractivity contribution is -0.932. The van der Waals surface area contributed by atoms with Gasteiger partial charge in [0.1, 0.15) is 0 Å². The van der Waals surface area contributed by atoms with Gasteiger partial charge in [-0.25, -0.2) is 4.68 Å². The van der Waals surface area contributed by atoms with E-state index in [0.29, 0.717) is 50.5 Å². The van der Waals surface area contributed by atoms with Crippen molar-refractivity contribution in [2.75, 3.05) is 26.8 Å². The zero-order chi connectivity index (χ0) is 19.4. The lowest BCUT2D eigenvalue weighted by atomic mass is 9.98. The second-order valence-corrected chi connectivity index (χ2v) is 6.70. The second-order valence-electron chi connectivity index (χ2n) is 6.70. The third-order valence-corrected chi connectivity index (χ3v) is 4.88. The van der Waals surface area contributed by atoms with Gasteiger partial charge >= 0.3 is 6.18 Å². The monoisotopic (exact) mass is 386 g/mol. The molecule has 148 valence electrons. The van der Waals surface area contributed by atoms with Crippen molar-refractivity contribution in [2.24, 2.45) is 0 Å². The van der Waals surface area contributed by atoms with Gasteiger partial charge < -0.3 is 14.7 Å². The van der Waals surface area contributed by atoms with Gasteiger partial charge in [0, 0.05) is 25.5 Å². The molecule has 0 spiro atoms. The van der Waals surface area contributed by atoms with Crippen LogP contribution < -0.4 is 4.90 Å². The summed E-state index contributed by atoms with van der Waals surface area (Å²) in [6.45, 7) is 2.05. The van der Waals surface area contributed by atoms with Crippen LogP contribution in [0.4, 0.5) is 13.2 Å². The zero-order valence-electron chi connectivity index (χ0n) is 15.0. The Hall–Kier alpha value is -2.04. The van der Waals surface area contributed by atoms with E-state index in [-0.39, 0.29) is 6.10 Å². The van der Waals surface area contributed by atoms with E-state index in [1.54, 1.807) is 17.9 Å². The molecule has 0 amide bonds. The number of halogens is 3. The van der Waals surface area contributed by atoms with Gasteiger partial charge in [-0.3, -0.25) is 0 Å². The summed E-state index contributed by atoms with van der Waals surface area (Å²) < 4.78 is 46.3. The highest BCUT2D eigenvalue weighted by molar-refractivity contribution is 5.29. The molecule has 1 saturated heterocycles. The molecule has 1 atom stereocenters. The Morgan fingerprint density at radius 1 is 1.33 bits per heavy atom. The predicted octanol–water partition coefficient (Wildman–Crippen LogP) is 0.467. The molecule has 0 bridgehead atoms. The fourth-order valence-electron chi connectivity index (χ4n) is 3.48. The van der Waals surface area contributed by atoms with Gasteiger partial charge in [-0.15, -0.1) is 5.10 Å². The molecule has 1 aromatic heterocycles. The van der Waals surface area contributed by atoms with Gasteiger partial charge in [0.05, 0.1) is 37.9 Å². The molecule has 0 aliphatic carbocycles. The zero-order valence-corrected chi connectivity index (χ0v) is 15.0. The number of aromatic nitrogens is 4. The largest absolute Gasteiger partial charge is 0.416 e. The minimum Gasteiger partial charge on any atom is -0.393 e. The summed E-state index contributed by atoms with van der Waals surface area (Å²) in [6.07, 6.45) is -3.62. The van der Waals surface area contributed by atoms with Crippen molar-refractivity contribution in [1.29, 1.82) is 0 Å². The highest BCUT2D eigenvalue weighted by atomic mass is 19.4. The number of nitrogens with one attached hydrogen (secondary N) is 1. The van der Waals surface area contributed by atoms with Crippen LogP contribution >= 0.6 is 0 Å². The van der Waals surface area contributed by atoms with Crippen molar-refractivity contribution in [3.8, 4) is 0 Å². The highest BCUT2D eigenvalue weighted by Crippen LogP contribution is 2.31. The first kappa shape index (κ1) is 19.7. The average molecular weight is 386 g/mol. The number of tetrazole rings is 1. The molecular weight excluding hydrogens is 363 g/mol. The van der Waals surface area contributed by atoms with Gasteiger partial charge in [-0.05, 0) is 22.6 Å². The van der Waals surface area contributed by atoms with E-state index in [9.17, 15) is 18.3 Å². The SMILES string of the molecule is COCCn1nnnc1[C@H](c1cccc(C(F)(F)F)c1)[NH+]1CCC(O)CC1. The lowest BCUT2D eigenvalue weighted by Gasteiger charge is -2.33. The number of benzene rings is 1. The van der Waals surface area contributed by atoms with E-state index >= 15 is 0 Å². The van der Waals surface area contributed by atoms with Crippen molar-refractivity contribution >= 4 is 0 Å². The summed E-state index contributed by atoms with van der Waals surface area (Å²) in [6, 6.07) is 4.86. The molecule has 2 N–H and O–H groups in total. The Kier molecular flexibility index (Phi) is 6.08. The Morgan fingerprint density at radius 2 is 2.07 bits per heavy atom. The number of aliphatic hydroxyl groups excluding tert-OH is 1. The topological polar surface area (TPSA) is 77.5 Å². The molecule has 1 aromatic carbocycles. The van der Waals surface area contributed by atoms with Crippen molar-refractivity contribution < 1.29 is 27.9 Å². The second kappa shape index (κ2) is 8.32.